The van der Waals surface area contributed by atoms with Crippen LogP contribution in [0.2, 0.25) is 0 Å². The van der Waals surface area contributed by atoms with Crippen molar-refractivity contribution in [2.45, 2.75) is 20.8 Å². The third-order valence-corrected chi connectivity index (χ3v) is 2.79. The van der Waals surface area contributed by atoms with E-state index >= 15 is 0 Å². The topological polar surface area (TPSA) is 49.8 Å². The summed E-state index contributed by atoms with van der Waals surface area (Å²) in [7, 11) is 0. The van der Waals surface area contributed by atoms with Crippen LogP contribution in [0.25, 0.3) is 10.8 Å². The lowest BCUT2D eigenvalue weighted by molar-refractivity contribution is 0.626. The maximum absolute atomic E-state index is 13.6. The van der Waals surface area contributed by atoms with Crippen LogP contribution >= 0.6 is 0 Å². The van der Waals surface area contributed by atoms with Gasteiger partial charge in [0.15, 0.2) is 0 Å². The summed E-state index contributed by atoms with van der Waals surface area (Å²) < 4.78 is 13.6. The maximum Gasteiger partial charge on any atom is 0.139 e. The number of hydrogen-bond acceptors (Lipinski definition) is 2. The number of nitrogens with zero attached hydrogens (tertiary/aromatic N) is 1. The highest BCUT2D eigenvalue weighted by Crippen LogP contribution is 2.30. The molecule has 3 heteroatoms. The molecular weight excluding hydrogens is 239 g/mol. The van der Waals surface area contributed by atoms with E-state index in [2.05, 4.69) is 5.92 Å². The van der Waals surface area contributed by atoms with E-state index in [4.69, 9.17) is 17.4 Å². The Morgan fingerprint density at radius 3 is 2.42 bits per heavy atom. The van der Waals surface area contributed by atoms with E-state index < -0.39 is 5.82 Å². The standard InChI is InChI=1S/C14H9FN2.C2H6/c1-3-10-12(15)5-4-9-6-13(17)11(7-16)8(2)14(9)10;1-2/h1,4-6H,17H2,2H3;1-2H3. The normalized spacial score (nSPS) is 9.16. The lowest BCUT2D eigenvalue weighted by Gasteiger charge is -2.10. The summed E-state index contributed by atoms with van der Waals surface area (Å²) in [6.07, 6.45) is 5.31. The van der Waals surface area contributed by atoms with Gasteiger partial charge < -0.3 is 5.73 Å². The molecule has 0 amide bonds. The molecule has 0 atom stereocenters. The van der Waals surface area contributed by atoms with Gasteiger partial charge in [-0.2, -0.15) is 5.26 Å². The summed E-state index contributed by atoms with van der Waals surface area (Å²) in [6.45, 7) is 5.72. The van der Waals surface area contributed by atoms with Crippen molar-refractivity contribution in [2.24, 2.45) is 0 Å². The molecule has 0 bridgehead atoms. The van der Waals surface area contributed by atoms with Crippen LogP contribution in [0.15, 0.2) is 18.2 Å². The second-order valence-corrected chi connectivity index (χ2v) is 3.74. The molecule has 2 rings (SSSR count). The summed E-state index contributed by atoms with van der Waals surface area (Å²) in [6, 6.07) is 6.57. The number of anilines is 1. The number of benzene rings is 2. The molecule has 0 heterocycles. The fourth-order valence-electron chi connectivity index (χ4n) is 1.99. The Labute approximate surface area is 112 Å². The van der Waals surface area contributed by atoms with E-state index in [9.17, 15) is 4.39 Å². The number of nitriles is 1. The van der Waals surface area contributed by atoms with Gasteiger partial charge in [0.25, 0.3) is 0 Å². The fourth-order valence-corrected chi connectivity index (χ4v) is 1.99. The van der Waals surface area contributed by atoms with E-state index in [1.165, 1.54) is 6.07 Å². The quantitative estimate of drug-likeness (QED) is 0.575. The Balaban J connectivity index is 0.000000861. The summed E-state index contributed by atoms with van der Waals surface area (Å²) in [5.41, 5.74) is 7.29. The SMILES string of the molecule is C#Cc1c(F)ccc2cc(N)c(C#N)c(C)c12.CC. The zero-order valence-corrected chi connectivity index (χ0v) is 11.2. The molecule has 0 aliphatic carbocycles. The van der Waals surface area contributed by atoms with Gasteiger partial charge in [-0.1, -0.05) is 25.8 Å². The first kappa shape index (κ1) is 14.5. The van der Waals surface area contributed by atoms with Gasteiger partial charge in [-0.3, -0.25) is 0 Å². The Bertz CT molecular complexity index is 703. The van der Waals surface area contributed by atoms with Crippen LogP contribution < -0.4 is 5.73 Å². The predicted octanol–water partition coefficient (Wildman–Crippen LogP) is 3.75. The molecule has 2 N–H and O–H groups in total. The van der Waals surface area contributed by atoms with Crippen LogP contribution in [0.1, 0.15) is 30.5 Å². The third-order valence-electron chi connectivity index (χ3n) is 2.79. The minimum Gasteiger partial charge on any atom is -0.398 e. The minimum absolute atomic E-state index is 0.177. The van der Waals surface area contributed by atoms with Gasteiger partial charge in [-0.05, 0) is 30.0 Å². The molecule has 0 radical (unpaired) electrons. The third kappa shape index (κ3) is 2.37. The van der Waals surface area contributed by atoms with Crippen molar-refractivity contribution in [3.63, 3.8) is 0 Å². The first-order valence-electron chi connectivity index (χ1n) is 5.98. The molecule has 0 aromatic heterocycles. The number of aryl methyl sites for hydroxylation is 1. The molecule has 96 valence electrons. The van der Waals surface area contributed by atoms with Gasteiger partial charge >= 0.3 is 0 Å². The molecule has 2 aromatic carbocycles. The zero-order valence-electron chi connectivity index (χ0n) is 11.2. The molecule has 0 saturated heterocycles. The summed E-state index contributed by atoms with van der Waals surface area (Å²) in [5, 5.41) is 10.3. The molecule has 2 aromatic rings. The highest BCUT2D eigenvalue weighted by molar-refractivity contribution is 5.95. The van der Waals surface area contributed by atoms with E-state index in [-0.39, 0.29) is 5.56 Å². The molecule has 0 aliphatic heterocycles. The lowest BCUT2D eigenvalue weighted by atomic mass is 9.95. The van der Waals surface area contributed by atoms with Crippen LogP contribution in [-0.4, -0.2) is 0 Å². The molecule has 0 aliphatic rings. The van der Waals surface area contributed by atoms with Gasteiger partial charge in [0.2, 0.25) is 0 Å². The van der Waals surface area contributed by atoms with Gasteiger partial charge in [-0.15, -0.1) is 6.42 Å². The first-order valence-corrected chi connectivity index (χ1v) is 5.98. The molecule has 0 fully saturated rings. The number of nitrogens with two attached hydrogens (primary N) is 1. The van der Waals surface area contributed by atoms with Gasteiger partial charge in [0.1, 0.15) is 11.9 Å². The second kappa shape index (κ2) is 5.89. The molecular formula is C16H15FN2. The van der Waals surface area contributed by atoms with Crippen molar-refractivity contribution in [1.29, 1.82) is 5.26 Å². The monoisotopic (exact) mass is 254 g/mol. The van der Waals surface area contributed by atoms with Gasteiger partial charge in [0, 0.05) is 5.39 Å². The average molecular weight is 254 g/mol. The minimum atomic E-state index is -0.461. The fraction of sp³-hybridized carbons (Fsp3) is 0.188. The Morgan fingerprint density at radius 1 is 1.26 bits per heavy atom. The smallest absolute Gasteiger partial charge is 0.139 e. The Hall–Kier alpha value is -2.52. The van der Waals surface area contributed by atoms with Crippen molar-refractivity contribution < 1.29 is 4.39 Å². The second-order valence-electron chi connectivity index (χ2n) is 3.74. The van der Waals surface area contributed by atoms with Crippen molar-refractivity contribution in [3.05, 3.63) is 40.7 Å². The van der Waals surface area contributed by atoms with Crippen molar-refractivity contribution in [3.8, 4) is 18.4 Å². The van der Waals surface area contributed by atoms with Crippen LogP contribution in [0, 0.1) is 36.4 Å². The maximum atomic E-state index is 13.6. The summed E-state index contributed by atoms with van der Waals surface area (Å²) in [5.74, 6) is 1.86. The van der Waals surface area contributed by atoms with E-state index in [0.29, 0.717) is 22.2 Å². The van der Waals surface area contributed by atoms with E-state index in [1.807, 2.05) is 19.9 Å². The van der Waals surface area contributed by atoms with Crippen molar-refractivity contribution >= 4 is 16.5 Å². The van der Waals surface area contributed by atoms with Crippen LogP contribution in [-0.2, 0) is 0 Å². The van der Waals surface area contributed by atoms with Crippen LogP contribution in [0.5, 0.6) is 0 Å². The highest BCUT2D eigenvalue weighted by Gasteiger charge is 2.13. The number of rotatable bonds is 0. The van der Waals surface area contributed by atoms with Crippen LogP contribution in [0.3, 0.4) is 0 Å². The Kier molecular flexibility index (Phi) is 4.51. The van der Waals surface area contributed by atoms with Gasteiger partial charge in [0.05, 0.1) is 16.8 Å². The highest BCUT2D eigenvalue weighted by atomic mass is 19.1. The number of terminal acetylenes is 1. The van der Waals surface area contributed by atoms with Crippen molar-refractivity contribution in [2.75, 3.05) is 5.73 Å². The largest absolute Gasteiger partial charge is 0.398 e. The summed E-state index contributed by atoms with van der Waals surface area (Å²) in [4.78, 5) is 0. The number of fused-ring (bicyclic) bond motifs is 1. The molecule has 0 saturated carbocycles. The average Bonchev–Trinajstić information content (AvgIpc) is 2.42. The van der Waals surface area contributed by atoms with E-state index in [0.717, 1.165) is 5.39 Å². The first-order chi connectivity index (χ1) is 9.10. The molecule has 19 heavy (non-hydrogen) atoms. The number of hydrogen-bond donors (Lipinski definition) is 1. The molecule has 0 unspecified atom stereocenters. The molecule has 2 nitrogen and oxygen atoms in total. The summed E-state index contributed by atoms with van der Waals surface area (Å²) >= 11 is 0. The van der Waals surface area contributed by atoms with Crippen LogP contribution in [0.4, 0.5) is 10.1 Å². The number of halogens is 1. The van der Waals surface area contributed by atoms with Gasteiger partial charge in [-0.25, -0.2) is 4.39 Å². The number of nitrogen functional groups attached to an aromatic ring is 1. The predicted molar refractivity (Wildman–Crippen MR) is 77.1 cm³/mol. The Morgan fingerprint density at radius 2 is 1.89 bits per heavy atom. The van der Waals surface area contributed by atoms with E-state index in [1.54, 1.807) is 19.1 Å². The molecule has 0 spiro atoms. The lowest BCUT2D eigenvalue weighted by Crippen LogP contribution is -1.97. The zero-order chi connectivity index (χ0) is 14.6. The van der Waals surface area contributed by atoms with Crippen molar-refractivity contribution in [1.82, 2.24) is 0 Å².